The average Bonchev–Trinajstić information content (AvgIpc) is 2.93. The van der Waals surface area contributed by atoms with Crippen LogP contribution < -0.4 is 9.47 Å². The molecule has 0 heterocycles. The molecular weight excluding hydrogens is 456 g/mol. The van der Waals surface area contributed by atoms with Crippen LogP contribution in [0.25, 0.3) is 0 Å². The Labute approximate surface area is 213 Å². The summed E-state index contributed by atoms with van der Waals surface area (Å²) in [4.78, 5) is 11.9. The highest BCUT2D eigenvalue weighted by Gasteiger charge is 2.63. The minimum atomic E-state index is -2.19. The van der Waals surface area contributed by atoms with E-state index in [0.717, 1.165) is 6.42 Å². The number of carbonyl (C=O) groups excluding carboxylic acids is 1. The number of carbonyl (C=O) groups is 1. The Morgan fingerprint density at radius 3 is 1.64 bits per heavy atom. The summed E-state index contributed by atoms with van der Waals surface area (Å²) in [6, 6.07) is 23.6. The monoisotopic (exact) mass is 492 g/mol. The molecule has 0 spiro atoms. The summed E-state index contributed by atoms with van der Waals surface area (Å²) < 4.78 is 10.7. The fourth-order valence-corrected chi connectivity index (χ4v) is 5.29. The van der Waals surface area contributed by atoms with Crippen molar-refractivity contribution in [3.63, 3.8) is 0 Å². The fourth-order valence-electron chi connectivity index (χ4n) is 5.29. The molecule has 6 heteroatoms. The molecule has 0 amide bonds. The third kappa shape index (κ3) is 4.64. The van der Waals surface area contributed by atoms with Crippen molar-refractivity contribution in [3.8, 4) is 11.5 Å². The molecule has 0 aromatic heterocycles. The van der Waals surface area contributed by atoms with Gasteiger partial charge in [0.1, 0.15) is 29.0 Å². The zero-order valence-corrected chi connectivity index (χ0v) is 21.2. The summed E-state index contributed by atoms with van der Waals surface area (Å²) in [5.41, 5.74) is -3.70. The summed E-state index contributed by atoms with van der Waals surface area (Å²) in [6.45, 7) is 1.17. The van der Waals surface area contributed by atoms with Crippen molar-refractivity contribution < 1.29 is 29.6 Å². The van der Waals surface area contributed by atoms with Gasteiger partial charge in [0.25, 0.3) is 0 Å². The van der Waals surface area contributed by atoms with Crippen LogP contribution in [0.3, 0.4) is 0 Å². The van der Waals surface area contributed by atoms with Crippen LogP contribution in [0.1, 0.15) is 49.3 Å². The molecule has 0 saturated carbocycles. The Morgan fingerprint density at radius 1 is 0.778 bits per heavy atom. The maximum Gasteiger partial charge on any atom is 0.134 e. The van der Waals surface area contributed by atoms with Crippen LogP contribution >= 0.6 is 0 Å². The Hall–Kier alpha value is -3.19. The molecule has 0 fully saturated rings. The quantitative estimate of drug-likeness (QED) is 0.244. The van der Waals surface area contributed by atoms with Crippen molar-refractivity contribution in [2.24, 2.45) is 0 Å². The van der Waals surface area contributed by atoms with Gasteiger partial charge in [-0.3, -0.25) is 0 Å². The largest absolute Gasteiger partial charge is 0.497 e. The van der Waals surface area contributed by atoms with Crippen molar-refractivity contribution in [3.05, 3.63) is 95.6 Å². The number of benzene rings is 3. The summed E-state index contributed by atoms with van der Waals surface area (Å²) >= 11 is 0. The molecule has 2 atom stereocenters. The van der Waals surface area contributed by atoms with Crippen molar-refractivity contribution in [1.82, 2.24) is 0 Å². The van der Waals surface area contributed by atoms with Crippen LogP contribution in [0.2, 0.25) is 0 Å². The second kappa shape index (κ2) is 11.7. The molecule has 2 unspecified atom stereocenters. The third-order valence-electron chi connectivity index (χ3n) is 7.24. The number of rotatable bonds is 13. The number of hydrogen-bond acceptors (Lipinski definition) is 6. The predicted molar refractivity (Wildman–Crippen MR) is 140 cm³/mol. The summed E-state index contributed by atoms with van der Waals surface area (Å²) in [5, 5.41) is 35.8. The highest BCUT2D eigenvalue weighted by Crippen LogP contribution is 2.53. The molecule has 0 aliphatic heterocycles. The number of aliphatic hydroxyl groups is 3. The fraction of sp³-hybridized carbons (Fsp3) is 0.367. The van der Waals surface area contributed by atoms with Crippen molar-refractivity contribution in [1.29, 1.82) is 0 Å². The summed E-state index contributed by atoms with van der Waals surface area (Å²) in [6.07, 6.45) is 1.69. The highest BCUT2D eigenvalue weighted by molar-refractivity contribution is 5.59. The predicted octanol–water partition coefficient (Wildman–Crippen LogP) is 4.27. The lowest BCUT2D eigenvalue weighted by atomic mass is 9.53. The highest BCUT2D eigenvalue weighted by atomic mass is 16.5. The Morgan fingerprint density at radius 2 is 1.25 bits per heavy atom. The lowest BCUT2D eigenvalue weighted by Gasteiger charge is -2.55. The molecule has 0 aliphatic carbocycles. The van der Waals surface area contributed by atoms with E-state index in [1.54, 1.807) is 38.5 Å². The van der Waals surface area contributed by atoms with E-state index >= 15 is 0 Å². The van der Waals surface area contributed by atoms with Gasteiger partial charge in [0.2, 0.25) is 0 Å². The number of aldehydes is 1. The Balaban J connectivity index is 2.50. The minimum Gasteiger partial charge on any atom is -0.497 e. The van der Waals surface area contributed by atoms with Crippen LogP contribution in [-0.4, -0.2) is 53.6 Å². The van der Waals surface area contributed by atoms with Gasteiger partial charge in [-0.1, -0.05) is 74.4 Å². The molecule has 0 saturated heterocycles. The first-order valence-corrected chi connectivity index (χ1v) is 12.2. The van der Waals surface area contributed by atoms with E-state index in [9.17, 15) is 20.1 Å². The normalized spacial score (nSPS) is 14.9. The van der Waals surface area contributed by atoms with Gasteiger partial charge >= 0.3 is 0 Å². The maximum absolute atomic E-state index is 12.7. The number of ether oxygens (including phenoxy) is 2. The zero-order valence-electron chi connectivity index (χ0n) is 21.2. The smallest absolute Gasteiger partial charge is 0.134 e. The first-order valence-electron chi connectivity index (χ1n) is 12.2. The summed E-state index contributed by atoms with van der Waals surface area (Å²) in [7, 11) is 3.14. The number of aliphatic hydroxyl groups excluding tert-OH is 1. The van der Waals surface area contributed by atoms with Gasteiger partial charge in [-0.05, 0) is 47.4 Å². The molecule has 3 rings (SSSR count). The molecule has 36 heavy (non-hydrogen) atoms. The lowest BCUT2D eigenvalue weighted by Crippen LogP contribution is -2.69. The molecule has 3 aromatic carbocycles. The molecule has 3 N–H and O–H groups in total. The van der Waals surface area contributed by atoms with Crippen LogP contribution in [-0.2, 0) is 10.2 Å². The second-order valence-corrected chi connectivity index (χ2v) is 9.10. The van der Waals surface area contributed by atoms with Crippen LogP contribution in [0.4, 0.5) is 0 Å². The van der Waals surface area contributed by atoms with E-state index in [1.165, 1.54) is 0 Å². The van der Waals surface area contributed by atoms with E-state index in [2.05, 4.69) is 0 Å². The van der Waals surface area contributed by atoms with Crippen molar-refractivity contribution in [2.45, 2.75) is 49.2 Å². The van der Waals surface area contributed by atoms with Crippen molar-refractivity contribution >= 4 is 6.29 Å². The van der Waals surface area contributed by atoms with Gasteiger partial charge in [0, 0.05) is 6.42 Å². The number of hydrogen-bond donors (Lipinski definition) is 3. The van der Waals surface area contributed by atoms with Crippen molar-refractivity contribution in [2.75, 3.05) is 20.8 Å². The van der Waals surface area contributed by atoms with Crippen LogP contribution in [0.15, 0.2) is 78.9 Å². The standard InChI is InChI=1S/C30H36O6/c1-4-5-19-28(33,20-21-31)29(34,22-32)30(23-9-7-6-8-10-23,24-11-15-26(35-2)16-12-24)25-13-17-27(36-3)18-14-25/h6-18,21,32-34H,4-5,19-20,22H2,1-3H3. The topological polar surface area (TPSA) is 96.2 Å². The molecular formula is C30H36O6. The summed E-state index contributed by atoms with van der Waals surface area (Å²) in [5.74, 6) is 1.24. The molecule has 192 valence electrons. The first-order chi connectivity index (χ1) is 17.4. The maximum atomic E-state index is 12.7. The zero-order chi connectivity index (χ0) is 26.2. The number of unbranched alkanes of at least 4 members (excludes halogenated alkanes) is 1. The molecule has 3 aromatic rings. The number of methoxy groups -OCH3 is 2. The lowest BCUT2D eigenvalue weighted by molar-refractivity contribution is -0.201. The van der Waals surface area contributed by atoms with Gasteiger partial charge in [0.15, 0.2) is 0 Å². The van der Waals surface area contributed by atoms with E-state index in [0.29, 0.717) is 40.9 Å². The van der Waals surface area contributed by atoms with Gasteiger partial charge in [-0.2, -0.15) is 0 Å². The first kappa shape index (κ1) is 27.4. The SMILES string of the molecule is CCCCC(O)(CC=O)C(O)(CO)C(c1ccccc1)(c1ccc(OC)cc1)c1ccc(OC)cc1. The van der Waals surface area contributed by atoms with E-state index in [4.69, 9.17) is 9.47 Å². The molecule has 6 nitrogen and oxygen atoms in total. The van der Waals surface area contributed by atoms with E-state index in [-0.39, 0.29) is 12.8 Å². The Bertz CT molecular complexity index is 1050. The third-order valence-corrected chi connectivity index (χ3v) is 7.24. The van der Waals surface area contributed by atoms with Gasteiger partial charge in [0.05, 0.1) is 26.2 Å². The molecule has 0 aliphatic rings. The van der Waals surface area contributed by atoms with Gasteiger partial charge in [-0.15, -0.1) is 0 Å². The molecule has 0 bridgehead atoms. The minimum absolute atomic E-state index is 0.125. The van der Waals surface area contributed by atoms with Gasteiger partial charge < -0.3 is 29.6 Å². The van der Waals surface area contributed by atoms with Crippen LogP contribution in [0, 0.1) is 0 Å². The average molecular weight is 493 g/mol. The van der Waals surface area contributed by atoms with E-state index < -0.39 is 23.2 Å². The van der Waals surface area contributed by atoms with Crippen LogP contribution in [0.5, 0.6) is 11.5 Å². The van der Waals surface area contributed by atoms with Gasteiger partial charge in [-0.25, -0.2) is 0 Å². The second-order valence-electron chi connectivity index (χ2n) is 9.10. The van der Waals surface area contributed by atoms with E-state index in [1.807, 2.05) is 61.5 Å². The molecule has 0 radical (unpaired) electrons. The Kier molecular flexibility index (Phi) is 8.90.